The van der Waals surface area contributed by atoms with Crippen LogP contribution in [0.25, 0.3) is 28.2 Å². The molecule has 2 aliphatic rings. The molecule has 1 aliphatic carbocycles. The smallest absolute Gasteiger partial charge is 0.254 e. The molecule has 1 amide bonds. The van der Waals surface area contributed by atoms with E-state index in [4.69, 9.17) is 11.6 Å². The maximum atomic E-state index is 15.6. The minimum absolute atomic E-state index is 0.0661. The molecule has 224 valence electrons. The minimum atomic E-state index is -0.697. The number of halogens is 2. The third kappa shape index (κ3) is 5.08. The van der Waals surface area contributed by atoms with Crippen LogP contribution in [0.2, 0.25) is 5.02 Å². The van der Waals surface area contributed by atoms with Crippen molar-refractivity contribution in [2.75, 3.05) is 5.32 Å². The number of aromatic nitrogens is 8. The van der Waals surface area contributed by atoms with E-state index in [-0.39, 0.29) is 33.7 Å². The summed E-state index contributed by atoms with van der Waals surface area (Å²) in [6, 6.07) is 7.68. The van der Waals surface area contributed by atoms with Crippen LogP contribution in [0.15, 0.2) is 60.0 Å². The van der Waals surface area contributed by atoms with Gasteiger partial charge in [-0.2, -0.15) is 5.10 Å². The lowest BCUT2D eigenvalue weighted by molar-refractivity contribution is -0.119. The van der Waals surface area contributed by atoms with Crippen molar-refractivity contribution in [3.8, 4) is 28.2 Å². The Bertz CT molecular complexity index is 1960. The third-order valence-electron chi connectivity index (χ3n) is 8.41. The van der Waals surface area contributed by atoms with Crippen LogP contribution in [0.5, 0.6) is 0 Å². The first kappa shape index (κ1) is 28.1. The van der Waals surface area contributed by atoms with Crippen molar-refractivity contribution in [2.45, 2.75) is 51.0 Å². The van der Waals surface area contributed by atoms with Crippen LogP contribution in [0.1, 0.15) is 62.4 Å². The van der Waals surface area contributed by atoms with Gasteiger partial charge in [0.2, 0.25) is 5.91 Å². The number of carbonyl (C=O) groups excluding carboxylic acids is 1. The normalized spacial score (nSPS) is 18.7. The number of nitrogens with one attached hydrogen (secondary N) is 1. The second kappa shape index (κ2) is 11.1. The molecule has 7 rings (SSSR count). The van der Waals surface area contributed by atoms with Crippen molar-refractivity contribution in [3.63, 3.8) is 0 Å². The number of hydrogen-bond acceptors (Lipinski definition) is 7. The van der Waals surface area contributed by atoms with E-state index >= 15 is 4.39 Å². The van der Waals surface area contributed by atoms with E-state index in [0.717, 1.165) is 29.8 Å². The van der Waals surface area contributed by atoms with Gasteiger partial charge in [0, 0.05) is 36.7 Å². The van der Waals surface area contributed by atoms with Crippen molar-refractivity contribution in [1.29, 1.82) is 0 Å². The maximum Gasteiger partial charge on any atom is 0.254 e. The summed E-state index contributed by atoms with van der Waals surface area (Å²) in [5.41, 5.74) is 3.84. The van der Waals surface area contributed by atoms with Gasteiger partial charge in [-0.05, 0) is 49.9 Å². The van der Waals surface area contributed by atoms with Gasteiger partial charge >= 0.3 is 0 Å². The molecule has 0 spiro atoms. The summed E-state index contributed by atoms with van der Waals surface area (Å²) in [6.07, 6.45) is 10.4. The SMILES string of the molecule is C[C@@H]1CCC[C@H](n2cnc(-c3c(-n4cc(C5CC5)nn4)ccc(Cl)c3F)cc2=O)c2cc(ccn2)-c2c(cnn2C)NC1=O. The summed E-state index contributed by atoms with van der Waals surface area (Å²) in [7, 11) is 1.81. The number of aryl methyl sites for hydroxylation is 1. The lowest BCUT2D eigenvalue weighted by Crippen LogP contribution is -2.27. The first-order valence-electron chi connectivity index (χ1n) is 14.6. The molecule has 0 unspecified atom stereocenters. The molecule has 11 nitrogen and oxygen atoms in total. The average Bonchev–Trinajstić information content (AvgIpc) is 3.64. The van der Waals surface area contributed by atoms with Crippen molar-refractivity contribution >= 4 is 23.2 Å². The number of nitrogens with zero attached hydrogens (tertiary/aromatic N) is 8. The number of fused-ring (bicyclic) bond motifs is 4. The van der Waals surface area contributed by atoms with Crippen LogP contribution in [0, 0.1) is 11.7 Å². The van der Waals surface area contributed by atoms with Crippen molar-refractivity contribution < 1.29 is 9.18 Å². The van der Waals surface area contributed by atoms with Gasteiger partial charge in [0.05, 0.1) is 69.5 Å². The average molecular weight is 614 g/mol. The Balaban J connectivity index is 1.31. The van der Waals surface area contributed by atoms with Gasteiger partial charge in [-0.25, -0.2) is 14.1 Å². The van der Waals surface area contributed by atoms with Crippen LogP contribution in [-0.2, 0) is 11.8 Å². The van der Waals surface area contributed by atoms with Gasteiger partial charge in [0.25, 0.3) is 5.56 Å². The van der Waals surface area contributed by atoms with E-state index in [1.165, 1.54) is 27.7 Å². The van der Waals surface area contributed by atoms with Crippen molar-refractivity contribution in [2.24, 2.45) is 13.0 Å². The van der Waals surface area contributed by atoms with Gasteiger partial charge < -0.3 is 5.32 Å². The lowest BCUT2D eigenvalue weighted by Gasteiger charge is -2.22. The fourth-order valence-electron chi connectivity index (χ4n) is 5.80. The number of pyridine rings is 1. The molecule has 13 heteroatoms. The summed E-state index contributed by atoms with van der Waals surface area (Å²) in [6.45, 7) is 1.88. The zero-order valence-electron chi connectivity index (χ0n) is 24.1. The van der Waals surface area contributed by atoms with E-state index < -0.39 is 11.9 Å². The molecule has 1 aromatic carbocycles. The molecule has 0 saturated heterocycles. The van der Waals surface area contributed by atoms with E-state index in [1.54, 1.807) is 36.4 Å². The first-order chi connectivity index (χ1) is 21.3. The van der Waals surface area contributed by atoms with Crippen LogP contribution in [-0.4, -0.2) is 45.2 Å². The molecule has 1 aliphatic heterocycles. The summed E-state index contributed by atoms with van der Waals surface area (Å²) >= 11 is 6.19. The van der Waals surface area contributed by atoms with Crippen LogP contribution < -0.4 is 10.9 Å². The lowest BCUT2D eigenvalue weighted by atomic mass is 9.97. The Morgan fingerprint density at radius 1 is 1.05 bits per heavy atom. The van der Waals surface area contributed by atoms with Crippen LogP contribution in [0.3, 0.4) is 0 Å². The molecule has 1 fully saturated rings. The predicted molar refractivity (Wildman–Crippen MR) is 162 cm³/mol. The Morgan fingerprint density at radius 3 is 2.68 bits per heavy atom. The fraction of sp³-hybridized carbons (Fsp3) is 0.323. The monoisotopic (exact) mass is 613 g/mol. The maximum absolute atomic E-state index is 15.6. The van der Waals surface area contributed by atoms with Gasteiger partial charge in [-0.1, -0.05) is 30.2 Å². The highest BCUT2D eigenvalue weighted by Crippen LogP contribution is 2.40. The molecule has 1 N–H and O–H groups in total. The minimum Gasteiger partial charge on any atom is -0.323 e. The van der Waals surface area contributed by atoms with Crippen molar-refractivity contribution in [1.82, 2.24) is 39.3 Å². The topological polar surface area (TPSA) is 125 Å². The van der Waals surface area contributed by atoms with Gasteiger partial charge in [0.15, 0.2) is 5.82 Å². The second-order valence-corrected chi connectivity index (χ2v) is 11.9. The Labute approximate surface area is 256 Å². The zero-order chi connectivity index (χ0) is 30.5. The number of amides is 1. The van der Waals surface area contributed by atoms with Crippen LogP contribution in [0.4, 0.5) is 10.1 Å². The highest BCUT2D eigenvalue weighted by atomic mass is 35.5. The molecule has 1 saturated carbocycles. The molecular weight excluding hydrogens is 585 g/mol. The molecule has 44 heavy (non-hydrogen) atoms. The van der Waals surface area contributed by atoms with E-state index in [1.807, 2.05) is 19.1 Å². The predicted octanol–water partition coefficient (Wildman–Crippen LogP) is 5.30. The number of carbonyl (C=O) groups is 1. The molecular formula is C31H29ClFN9O2. The Hall–Kier alpha value is -4.71. The van der Waals surface area contributed by atoms with Gasteiger partial charge in [-0.3, -0.25) is 23.8 Å². The quantitative estimate of drug-likeness (QED) is 0.291. The van der Waals surface area contributed by atoms with Gasteiger partial charge in [-0.15, -0.1) is 5.10 Å². The van der Waals surface area contributed by atoms with Crippen LogP contribution >= 0.6 is 11.6 Å². The highest BCUT2D eigenvalue weighted by molar-refractivity contribution is 6.31. The number of hydrogen-bond donors (Lipinski definition) is 1. The molecule has 0 radical (unpaired) electrons. The summed E-state index contributed by atoms with van der Waals surface area (Å²) in [5.74, 6) is -0.680. The highest BCUT2D eigenvalue weighted by Gasteiger charge is 2.28. The zero-order valence-corrected chi connectivity index (χ0v) is 24.9. The largest absolute Gasteiger partial charge is 0.323 e. The summed E-state index contributed by atoms with van der Waals surface area (Å²) < 4.78 is 20.3. The van der Waals surface area contributed by atoms with E-state index in [9.17, 15) is 9.59 Å². The van der Waals surface area contributed by atoms with Gasteiger partial charge in [0.1, 0.15) is 0 Å². The molecule has 2 bridgehead atoms. The van der Waals surface area contributed by atoms with E-state index in [0.29, 0.717) is 42.2 Å². The number of benzene rings is 1. The Kier molecular flexibility index (Phi) is 7.08. The Morgan fingerprint density at radius 2 is 1.89 bits per heavy atom. The second-order valence-electron chi connectivity index (χ2n) is 11.5. The summed E-state index contributed by atoms with van der Waals surface area (Å²) in [5, 5.41) is 15.7. The van der Waals surface area contributed by atoms with E-state index in [2.05, 4.69) is 30.7 Å². The standard InChI is InChI=1S/C31H29ClFN9O2/c1-17-4-3-5-25(21-12-19(10-11-34-21)30-23(37-31(17)44)14-36-40(30)2)41-16-35-22(13-27(41)43)28-26(9-8-20(32)29(28)33)42-15-24(38-39-42)18-6-7-18/h8-18,25H,3-7H2,1-2H3,(H,37,44)/t17-,25+/m1/s1. The summed E-state index contributed by atoms with van der Waals surface area (Å²) in [4.78, 5) is 35.9. The molecule has 2 atom stereocenters. The number of rotatable bonds is 4. The molecule has 5 aromatic rings. The molecule has 5 heterocycles. The molecule has 4 aromatic heterocycles. The fourth-order valence-corrected chi connectivity index (χ4v) is 5.96. The number of anilines is 1. The third-order valence-corrected chi connectivity index (χ3v) is 8.70. The van der Waals surface area contributed by atoms with Crippen molar-refractivity contribution in [3.05, 3.63) is 87.8 Å². The first-order valence-corrected chi connectivity index (χ1v) is 14.9.